The molecule has 0 saturated heterocycles. The third-order valence-corrected chi connectivity index (χ3v) is 13.7. The van der Waals surface area contributed by atoms with E-state index in [0.717, 1.165) is 5.41 Å². The van der Waals surface area contributed by atoms with E-state index in [1.165, 1.54) is 122 Å². The van der Waals surface area contributed by atoms with Crippen molar-refractivity contribution in [3.05, 3.63) is 46.6 Å². The fraction of sp³-hybridized carbons (Fsp3) is 0.840. The number of rotatable bonds is 2. The van der Waals surface area contributed by atoms with Crippen LogP contribution in [-0.2, 0) is 0 Å². The molecular weight excluding hydrogens is 601 g/mol. The van der Waals surface area contributed by atoms with E-state index in [9.17, 15) is 0 Å². The van der Waals surface area contributed by atoms with Crippen LogP contribution in [0.15, 0.2) is 46.6 Å². The molecule has 5 aliphatic carbocycles. The first-order valence-electron chi connectivity index (χ1n) is 21.7. The van der Waals surface area contributed by atoms with E-state index in [4.69, 9.17) is 0 Å². The standard InChI is InChI=1S/C14H24.C14H26.C12H22.C10H18/c1-13(2,3)12-6-10-14(11-7-12)8-4-5-9-14;1-6-14(7-2)10-8-12(9-11-14)13(3,4)5;1-11(2,3)10-6-8-12(4,5)9-7-10;1-10(2,3)9-7-5-4-6-8-9/h6H,4-5,7-11H2,1-3H3;8H,6-7,9-11H2,1-5H3;6H,7-9H2,1-5H3;7H,4-6,8H2,1-3H3. The molecule has 0 aromatic rings. The Balaban J connectivity index is 0.000000233. The lowest BCUT2D eigenvalue weighted by atomic mass is 9.68. The second kappa shape index (κ2) is 18.3. The highest BCUT2D eigenvalue weighted by atomic mass is 14.4. The van der Waals surface area contributed by atoms with Gasteiger partial charge >= 0.3 is 0 Å². The average Bonchev–Trinajstić information content (AvgIpc) is 3.48. The smallest absolute Gasteiger partial charge is 0.0173 e. The molecule has 1 spiro atoms. The summed E-state index contributed by atoms with van der Waals surface area (Å²) in [5, 5.41) is 0. The van der Waals surface area contributed by atoms with Gasteiger partial charge in [0.1, 0.15) is 0 Å². The van der Waals surface area contributed by atoms with Crippen molar-refractivity contribution in [3.63, 3.8) is 0 Å². The van der Waals surface area contributed by atoms with E-state index in [1.54, 1.807) is 22.3 Å². The zero-order valence-electron chi connectivity index (χ0n) is 37.2. The van der Waals surface area contributed by atoms with Gasteiger partial charge < -0.3 is 0 Å². The van der Waals surface area contributed by atoms with E-state index in [-0.39, 0.29) is 0 Å². The molecule has 0 amide bonds. The molecule has 5 aliphatic rings. The zero-order valence-corrected chi connectivity index (χ0v) is 37.2. The molecule has 0 heteroatoms. The second-order valence-corrected chi connectivity index (χ2v) is 22.4. The minimum Gasteiger partial charge on any atom is -0.0848 e. The van der Waals surface area contributed by atoms with E-state index < -0.39 is 0 Å². The van der Waals surface area contributed by atoms with Gasteiger partial charge in [-0.25, -0.2) is 0 Å². The van der Waals surface area contributed by atoms with Gasteiger partial charge in [0.15, 0.2) is 0 Å². The summed E-state index contributed by atoms with van der Waals surface area (Å²) in [5.41, 5.74) is 10.3. The normalized spacial score (nSPS) is 23.4. The lowest BCUT2D eigenvalue weighted by Crippen LogP contribution is -2.24. The zero-order chi connectivity index (χ0) is 38.1. The third-order valence-electron chi connectivity index (χ3n) is 13.7. The van der Waals surface area contributed by atoms with Crippen molar-refractivity contribution in [2.75, 3.05) is 0 Å². The molecule has 50 heavy (non-hydrogen) atoms. The first kappa shape index (κ1) is 45.1. The predicted octanol–water partition coefficient (Wildman–Crippen LogP) is 17.4. The Morgan fingerprint density at radius 3 is 1.16 bits per heavy atom. The number of hydrogen-bond donors (Lipinski definition) is 0. The van der Waals surface area contributed by atoms with Gasteiger partial charge in [0.05, 0.1) is 0 Å². The van der Waals surface area contributed by atoms with Crippen molar-refractivity contribution in [3.8, 4) is 0 Å². The minimum absolute atomic E-state index is 0.396. The average molecular weight is 691 g/mol. The van der Waals surface area contributed by atoms with Crippen LogP contribution in [0.2, 0.25) is 0 Å². The molecule has 0 aromatic heterocycles. The first-order valence-corrected chi connectivity index (χ1v) is 21.7. The van der Waals surface area contributed by atoms with Crippen LogP contribution in [0.1, 0.15) is 233 Å². The molecule has 0 nitrogen and oxygen atoms in total. The highest BCUT2D eigenvalue weighted by Crippen LogP contribution is 2.50. The Labute approximate surface area is 316 Å². The fourth-order valence-electron chi connectivity index (χ4n) is 9.00. The molecule has 5 rings (SSSR count). The highest BCUT2D eigenvalue weighted by Gasteiger charge is 2.36. The molecule has 0 aliphatic heterocycles. The summed E-state index contributed by atoms with van der Waals surface area (Å²) in [5.74, 6) is 0. The topological polar surface area (TPSA) is 0 Å². The van der Waals surface area contributed by atoms with Gasteiger partial charge in [0.25, 0.3) is 0 Å². The highest BCUT2D eigenvalue weighted by molar-refractivity contribution is 5.18. The summed E-state index contributed by atoms with van der Waals surface area (Å²) >= 11 is 0. The molecule has 0 bridgehead atoms. The third kappa shape index (κ3) is 14.8. The van der Waals surface area contributed by atoms with Crippen LogP contribution in [-0.4, -0.2) is 0 Å². The Hall–Kier alpha value is -1.04. The largest absolute Gasteiger partial charge is 0.0848 e. The Kier molecular flexibility index (Phi) is 16.5. The van der Waals surface area contributed by atoms with Gasteiger partial charge in [-0.15, -0.1) is 0 Å². The van der Waals surface area contributed by atoms with Crippen molar-refractivity contribution in [2.24, 2.45) is 37.9 Å². The second-order valence-electron chi connectivity index (χ2n) is 22.4. The van der Waals surface area contributed by atoms with E-state index >= 15 is 0 Å². The lowest BCUT2D eigenvalue weighted by molar-refractivity contribution is 0.221. The Morgan fingerprint density at radius 1 is 0.440 bits per heavy atom. The summed E-state index contributed by atoms with van der Waals surface area (Å²) in [4.78, 5) is 0. The van der Waals surface area contributed by atoms with Crippen LogP contribution in [0.5, 0.6) is 0 Å². The summed E-state index contributed by atoms with van der Waals surface area (Å²) < 4.78 is 0. The van der Waals surface area contributed by atoms with Crippen molar-refractivity contribution < 1.29 is 0 Å². The van der Waals surface area contributed by atoms with E-state index in [1.807, 2.05) is 0 Å². The molecule has 1 fully saturated rings. The fourth-order valence-corrected chi connectivity index (χ4v) is 9.00. The van der Waals surface area contributed by atoms with Crippen LogP contribution in [0, 0.1) is 37.9 Å². The van der Waals surface area contributed by atoms with Crippen molar-refractivity contribution in [1.29, 1.82) is 0 Å². The van der Waals surface area contributed by atoms with Gasteiger partial charge in [-0.05, 0) is 134 Å². The Morgan fingerprint density at radius 2 is 0.860 bits per heavy atom. The monoisotopic (exact) mass is 691 g/mol. The van der Waals surface area contributed by atoms with Crippen molar-refractivity contribution in [1.82, 2.24) is 0 Å². The Bertz CT molecular complexity index is 1100. The molecule has 0 unspecified atom stereocenters. The number of hydrogen-bond acceptors (Lipinski definition) is 0. The van der Waals surface area contributed by atoms with Crippen LogP contribution in [0.4, 0.5) is 0 Å². The van der Waals surface area contributed by atoms with Gasteiger partial charge in [-0.2, -0.15) is 0 Å². The summed E-state index contributed by atoms with van der Waals surface area (Å²) in [7, 11) is 0. The van der Waals surface area contributed by atoms with Crippen LogP contribution < -0.4 is 0 Å². The van der Waals surface area contributed by atoms with Gasteiger partial charge in [-0.3, -0.25) is 0 Å². The molecule has 0 atom stereocenters. The van der Waals surface area contributed by atoms with E-state index in [2.05, 4.69) is 135 Å². The molecular formula is C50H90. The van der Waals surface area contributed by atoms with Gasteiger partial charge in [0, 0.05) is 0 Å². The molecule has 290 valence electrons. The molecule has 0 radical (unpaired) electrons. The van der Waals surface area contributed by atoms with Crippen LogP contribution >= 0.6 is 0 Å². The SMILES string of the molecule is CC(C)(C)C1=CCC2(CCCC2)CC1.CC(C)(C)C1=CCCCC1.CC1(C)CC=C(C(C)(C)C)CC1.CCC1(CC)CC=C(C(C)(C)C)CC1. The van der Waals surface area contributed by atoms with Crippen LogP contribution in [0.3, 0.4) is 0 Å². The maximum absolute atomic E-state index is 2.56. The maximum Gasteiger partial charge on any atom is -0.0173 e. The molecule has 0 aromatic carbocycles. The van der Waals surface area contributed by atoms with Gasteiger partial charge in [-0.1, -0.05) is 183 Å². The maximum atomic E-state index is 2.56. The molecule has 0 N–H and O–H groups in total. The minimum atomic E-state index is 0.396. The lowest BCUT2D eigenvalue weighted by Gasteiger charge is -2.38. The summed E-state index contributed by atoms with van der Waals surface area (Å²) in [6.07, 6.45) is 36.3. The molecule has 1 saturated carbocycles. The summed E-state index contributed by atoms with van der Waals surface area (Å²) in [6.45, 7) is 37.4. The molecule has 0 heterocycles. The van der Waals surface area contributed by atoms with Crippen molar-refractivity contribution in [2.45, 2.75) is 233 Å². The van der Waals surface area contributed by atoms with Crippen molar-refractivity contribution >= 4 is 0 Å². The summed E-state index contributed by atoms with van der Waals surface area (Å²) in [6, 6.07) is 0. The van der Waals surface area contributed by atoms with Crippen LogP contribution in [0.25, 0.3) is 0 Å². The quantitative estimate of drug-likeness (QED) is 0.253. The number of allylic oxidation sites excluding steroid dienone is 8. The predicted molar refractivity (Wildman–Crippen MR) is 228 cm³/mol. The first-order chi connectivity index (χ1) is 22.9. The van der Waals surface area contributed by atoms with E-state index in [0.29, 0.717) is 32.5 Å². The van der Waals surface area contributed by atoms with Gasteiger partial charge in [0.2, 0.25) is 0 Å².